The maximum absolute atomic E-state index is 12.5. The molecule has 18 heavy (non-hydrogen) atoms. The zero-order valence-corrected chi connectivity index (χ0v) is 11.8. The van der Waals surface area contributed by atoms with Crippen LogP contribution in [-0.2, 0) is 9.59 Å². The highest BCUT2D eigenvalue weighted by atomic mass is 16.4. The van der Waals surface area contributed by atoms with Crippen LogP contribution in [0.25, 0.3) is 0 Å². The van der Waals surface area contributed by atoms with E-state index < -0.39 is 11.9 Å². The largest absolute Gasteiger partial charge is 0.481 e. The van der Waals surface area contributed by atoms with Crippen molar-refractivity contribution in [3.05, 3.63) is 0 Å². The molecule has 0 radical (unpaired) electrons. The molecule has 2 atom stereocenters. The van der Waals surface area contributed by atoms with Crippen LogP contribution in [0.2, 0.25) is 0 Å². The quantitative estimate of drug-likeness (QED) is 0.820. The van der Waals surface area contributed by atoms with Crippen LogP contribution in [0, 0.1) is 17.8 Å². The van der Waals surface area contributed by atoms with Crippen molar-refractivity contribution in [2.75, 3.05) is 6.54 Å². The smallest absolute Gasteiger partial charge is 0.307 e. The van der Waals surface area contributed by atoms with Gasteiger partial charge in [0, 0.05) is 12.6 Å². The summed E-state index contributed by atoms with van der Waals surface area (Å²) in [5, 5.41) is 9.16. The van der Waals surface area contributed by atoms with Gasteiger partial charge in [-0.2, -0.15) is 0 Å². The van der Waals surface area contributed by atoms with Gasteiger partial charge < -0.3 is 10.0 Å². The molecule has 0 saturated heterocycles. The summed E-state index contributed by atoms with van der Waals surface area (Å²) in [4.78, 5) is 25.5. The third kappa shape index (κ3) is 3.47. The third-order valence-electron chi connectivity index (χ3n) is 3.62. The van der Waals surface area contributed by atoms with E-state index in [9.17, 15) is 9.59 Å². The predicted molar refractivity (Wildman–Crippen MR) is 70.2 cm³/mol. The van der Waals surface area contributed by atoms with Gasteiger partial charge in [-0.15, -0.1) is 0 Å². The molecule has 0 unspecified atom stereocenters. The predicted octanol–water partition coefficient (Wildman–Crippen LogP) is 2.38. The maximum atomic E-state index is 12.5. The molecule has 0 heterocycles. The SMILES string of the molecule is CC(C)CN(C(=O)[C@@H]1CCC[C@@H]1C(=O)O)C(C)C. The molecule has 0 aromatic carbocycles. The Kier molecular flexibility index (Phi) is 5.17. The first-order valence-corrected chi connectivity index (χ1v) is 6.87. The first-order chi connectivity index (χ1) is 8.34. The minimum absolute atomic E-state index is 0.0311. The first-order valence-electron chi connectivity index (χ1n) is 6.87. The zero-order valence-electron chi connectivity index (χ0n) is 11.8. The molecule has 1 aliphatic carbocycles. The molecular formula is C14H25NO3. The summed E-state index contributed by atoms with van der Waals surface area (Å²) in [6, 6.07) is 0.134. The lowest BCUT2D eigenvalue weighted by Gasteiger charge is -2.32. The molecule has 0 aromatic rings. The summed E-state index contributed by atoms with van der Waals surface area (Å²) in [7, 11) is 0. The van der Waals surface area contributed by atoms with Crippen LogP contribution in [0.5, 0.6) is 0 Å². The molecule has 1 aliphatic rings. The van der Waals surface area contributed by atoms with Gasteiger partial charge in [-0.25, -0.2) is 0 Å². The zero-order chi connectivity index (χ0) is 13.9. The molecule has 1 rings (SSSR count). The van der Waals surface area contributed by atoms with Crippen molar-refractivity contribution in [2.45, 2.75) is 53.0 Å². The van der Waals surface area contributed by atoms with Gasteiger partial charge in [0.15, 0.2) is 0 Å². The molecule has 1 N–H and O–H groups in total. The Hall–Kier alpha value is -1.06. The Morgan fingerprint density at radius 1 is 1.17 bits per heavy atom. The highest BCUT2D eigenvalue weighted by Gasteiger charge is 2.40. The number of carbonyl (C=O) groups excluding carboxylic acids is 1. The van der Waals surface area contributed by atoms with Crippen molar-refractivity contribution in [1.29, 1.82) is 0 Å². The van der Waals surface area contributed by atoms with E-state index in [4.69, 9.17) is 5.11 Å². The molecule has 1 amide bonds. The minimum Gasteiger partial charge on any atom is -0.481 e. The Morgan fingerprint density at radius 3 is 2.17 bits per heavy atom. The number of carboxylic acid groups (broad SMARTS) is 1. The maximum Gasteiger partial charge on any atom is 0.307 e. The van der Waals surface area contributed by atoms with Gasteiger partial charge in [0.1, 0.15) is 0 Å². The number of carboxylic acids is 1. The van der Waals surface area contributed by atoms with Crippen LogP contribution in [0.15, 0.2) is 0 Å². The second-order valence-corrected chi connectivity index (χ2v) is 5.96. The number of carbonyl (C=O) groups is 2. The standard InChI is InChI=1S/C14H25NO3/c1-9(2)8-15(10(3)4)13(16)11-6-5-7-12(11)14(17)18/h9-12H,5-8H2,1-4H3,(H,17,18)/t11-,12+/m1/s1. The van der Waals surface area contributed by atoms with Gasteiger partial charge in [0.05, 0.1) is 11.8 Å². The van der Waals surface area contributed by atoms with Gasteiger partial charge in [0.2, 0.25) is 5.91 Å². The average molecular weight is 255 g/mol. The average Bonchev–Trinajstić information content (AvgIpc) is 2.73. The van der Waals surface area contributed by atoms with Crippen molar-refractivity contribution in [1.82, 2.24) is 4.90 Å². The van der Waals surface area contributed by atoms with Crippen LogP contribution < -0.4 is 0 Å². The van der Waals surface area contributed by atoms with E-state index in [-0.39, 0.29) is 17.9 Å². The lowest BCUT2D eigenvalue weighted by molar-refractivity contribution is -0.150. The number of hydrogen-bond acceptors (Lipinski definition) is 2. The Bertz CT molecular complexity index is 312. The van der Waals surface area contributed by atoms with Crippen LogP contribution >= 0.6 is 0 Å². The topological polar surface area (TPSA) is 57.6 Å². The molecule has 104 valence electrons. The molecule has 0 spiro atoms. The number of aliphatic carboxylic acids is 1. The van der Waals surface area contributed by atoms with Gasteiger partial charge >= 0.3 is 5.97 Å². The molecule has 0 aromatic heterocycles. The minimum atomic E-state index is -0.820. The Balaban J connectivity index is 2.79. The molecule has 0 aliphatic heterocycles. The molecule has 1 saturated carbocycles. The first kappa shape index (κ1) is 15.0. The summed E-state index contributed by atoms with van der Waals surface area (Å²) in [6.07, 6.45) is 2.21. The van der Waals surface area contributed by atoms with Crippen molar-refractivity contribution >= 4 is 11.9 Å². The Labute approximate surface area is 109 Å². The Morgan fingerprint density at radius 2 is 1.72 bits per heavy atom. The fraction of sp³-hybridized carbons (Fsp3) is 0.857. The van der Waals surface area contributed by atoms with E-state index in [2.05, 4.69) is 13.8 Å². The van der Waals surface area contributed by atoms with Crippen LogP contribution in [-0.4, -0.2) is 34.5 Å². The fourth-order valence-electron chi connectivity index (χ4n) is 2.71. The summed E-state index contributed by atoms with van der Waals surface area (Å²) >= 11 is 0. The third-order valence-corrected chi connectivity index (χ3v) is 3.62. The molecule has 4 nitrogen and oxygen atoms in total. The van der Waals surface area contributed by atoms with Crippen molar-refractivity contribution in [3.8, 4) is 0 Å². The second-order valence-electron chi connectivity index (χ2n) is 5.96. The van der Waals surface area contributed by atoms with E-state index in [1.54, 1.807) is 0 Å². The molecule has 1 fully saturated rings. The monoisotopic (exact) mass is 255 g/mol. The van der Waals surface area contributed by atoms with E-state index in [0.29, 0.717) is 18.9 Å². The van der Waals surface area contributed by atoms with Gasteiger partial charge in [0.25, 0.3) is 0 Å². The normalized spacial score (nSPS) is 23.7. The van der Waals surface area contributed by atoms with Crippen molar-refractivity contribution in [2.24, 2.45) is 17.8 Å². The summed E-state index contributed by atoms with van der Waals surface area (Å²) in [6.45, 7) is 8.84. The van der Waals surface area contributed by atoms with E-state index in [1.165, 1.54) is 0 Å². The number of hydrogen-bond donors (Lipinski definition) is 1. The highest BCUT2D eigenvalue weighted by Crippen LogP contribution is 2.33. The van der Waals surface area contributed by atoms with Gasteiger partial charge in [-0.1, -0.05) is 20.3 Å². The molecule has 4 heteroatoms. The van der Waals surface area contributed by atoms with Crippen LogP contribution in [0.1, 0.15) is 47.0 Å². The van der Waals surface area contributed by atoms with Crippen LogP contribution in [0.4, 0.5) is 0 Å². The summed E-state index contributed by atoms with van der Waals surface area (Å²) < 4.78 is 0. The second kappa shape index (κ2) is 6.21. The van der Waals surface area contributed by atoms with Crippen molar-refractivity contribution < 1.29 is 14.7 Å². The molecule has 0 bridgehead atoms. The van der Waals surface area contributed by atoms with E-state index in [0.717, 1.165) is 12.8 Å². The van der Waals surface area contributed by atoms with Gasteiger partial charge in [-0.05, 0) is 32.6 Å². The van der Waals surface area contributed by atoms with Crippen molar-refractivity contribution in [3.63, 3.8) is 0 Å². The lowest BCUT2D eigenvalue weighted by Crippen LogP contribution is -2.44. The fourth-order valence-corrected chi connectivity index (χ4v) is 2.71. The summed E-state index contributed by atoms with van der Waals surface area (Å²) in [5.74, 6) is -1.18. The van der Waals surface area contributed by atoms with E-state index >= 15 is 0 Å². The lowest BCUT2D eigenvalue weighted by atomic mass is 9.94. The number of amides is 1. The highest BCUT2D eigenvalue weighted by molar-refractivity contribution is 5.85. The van der Waals surface area contributed by atoms with Crippen LogP contribution in [0.3, 0.4) is 0 Å². The van der Waals surface area contributed by atoms with E-state index in [1.807, 2.05) is 18.7 Å². The molecular weight excluding hydrogens is 230 g/mol. The number of rotatable bonds is 5. The summed E-state index contributed by atoms with van der Waals surface area (Å²) in [5.41, 5.74) is 0. The number of nitrogens with zero attached hydrogens (tertiary/aromatic N) is 1. The van der Waals surface area contributed by atoms with Gasteiger partial charge in [-0.3, -0.25) is 9.59 Å².